The second kappa shape index (κ2) is 4.99. The van der Waals surface area contributed by atoms with E-state index in [2.05, 4.69) is 30.0 Å². The molecule has 84 valence electrons. The molecule has 1 aromatic carbocycles. The number of halogens is 2. The highest BCUT2D eigenvalue weighted by molar-refractivity contribution is 9.10. The monoisotopic (exact) mass is 319 g/mol. The average Bonchev–Trinajstić information content (AvgIpc) is 2.68. The van der Waals surface area contributed by atoms with Crippen LogP contribution in [0.1, 0.15) is 0 Å². The lowest BCUT2D eigenvalue weighted by Gasteiger charge is -2.07. The highest BCUT2D eigenvalue weighted by Crippen LogP contribution is 2.31. The number of methoxy groups -OCH3 is 1. The van der Waals surface area contributed by atoms with Gasteiger partial charge in [0.1, 0.15) is 5.75 Å². The van der Waals surface area contributed by atoms with E-state index in [0.717, 1.165) is 27.6 Å². The minimum Gasteiger partial charge on any atom is -0.497 e. The topological polar surface area (TPSA) is 47.0 Å². The summed E-state index contributed by atoms with van der Waals surface area (Å²) >= 11 is 10.3. The first-order valence-corrected chi connectivity index (χ1v) is 6.19. The van der Waals surface area contributed by atoms with Gasteiger partial charge in [-0.25, -0.2) is 0 Å². The average molecular weight is 321 g/mol. The summed E-state index contributed by atoms with van der Waals surface area (Å²) in [5.41, 5.74) is 0.828. The number of nitrogens with zero attached hydrogens (tertiary/aromatic N) is 2. The van der Waals surface area contributed by atoms with Crippen LogP contribution in [-0.4, -0.2) is 15.9 Å². The predicted molar refractivity (Wildman–Crippen MR) is 68.9 cm³/mol. The van der Waals surface area contributed by atoms with Crippen molar-refractivity contribution in [3.05, 3.63) is 27.8 Å². The maximum Gasteiger partial charge on any atom is 0.187 e. The van der Waals surface area contributed by atoms with Gasteiger partial charge in [-0.15, -0.1) is 0 Å². The Balaban J connectivity index is 2.30. The van der Waals surface area contributed by atoms with Crippen molar-refractivity contribution in [2.75, 3.05) is 12.4 Å². The molecule has 0 aliphatic carbocycles. The van der Waals surface area contributed by atoms with E-state index in [9.17, 15) is 0 Å². The van der Waals surface area contributed by atoms with Gasteiger partial charge in [-0.05, 0) is 28.1 Å². The molecule has 0 aliphatic heterocycles. The first-order valence-electron chi connectivity index (χ1n) is 4.29. The molecule has 0 amide bonds. The predicted octanol–water partition coefficient (Wildman–Crippen LogP) is 3.71. The van der Waals surface area contributed by atoms with Crippen LogP contribution in [0.15, 0.2) is 22.7 Å². The maximum absolute atomic E-state index is 5.84. The van der Waals surface area contributed by atoms with Gasteiger partial charge in [0, 0.05) is 10.5 Å². The van der Waals surface area contributed by atoms with Crippen molar-refractivity contribution in [2.45, 2.75) is 0 Å². The van der Waals surface area contributed by atoms with Crippen LogP contribution in [0.2, 0.25) is 5.15 Å². The van der Waals surface area contributed by atoms with E-state index in [1.807, 2.05) is 18.2 Å². The normalized spacial score (nSPS) is 10.2. The number of aromatic nitrogens is 2. The van der Waals surface area contributed by atoms with Crippen molar-refractivity contribution in [3.8, 4) is 5.75 Å². The molecule has 2 aromatic rings. The van der Waals surface area contributed by atoms with Gasteiger partial charge in [-0.3, -0.25) is 0 Å². The lowest BCUT2D eigenvalue weighted by Crippen LogP contribution is -1.93. The Morgan fingerprint density at radius 1 is 1.44 bits per heavy atom. The molecule has 2 rings (SSSR count). The number of hydrogen-bond donors (Lipinski definition) is 1. The molecular formula is C9H7BrClN3OS. The molecule has 0 atom stereocenters. The molecule has 4 nitrogen and oxygen atoms in total. The van der Waals surface area contributed by atoms with Gasteiger partial charge in [0.25, 0.3) is 0 Å². The molecule has 0 radical (unpaired) electrons. The Morgan fingerprint density at radius 3 is 2.88 bits per heavy atom. The number of nitrogens with one attached hydrogen (secondary N) is 1. The van der Waals surface area contributed by atoms with Crippen molar-refractivity contribution < 1.29 is 4.74 Å². The van der Waals surface area contributed by atoms with Crippen molar-refractivity contribution in [3.63, 3.8) is 0 Å². The lowest BCUT2D eigenvalue weighted by atomic mass is 10.3. The van der Waals surface area contributed by atoms with Gasteiger partial charge >= 0.3 is 0 Å². The second-order valence-electron chi connectivity index (χ2n) is 2.87. The number of benzene rings is 1. The standard InChI is InChI=1S/C9H7BrClN3OS/c1-15-5-2-3-6(10)7(4-5)12-9-8(11)13-16-14-9/h2-4H,1H3,(H,12,14). The van der Waals surface area contributed by atoms with Gasteiger partial charge in [0.05, 0.1) is 24.5 Å². The van der Waals surface area contributed by atoms with E-state index in [4.69, 9.17) is 16.3 Å². The van der Waals surface area contributed by atoms with Crippen LogP contribution in [0.4, 0.5) is 11.5 Å². The first kappa shape index (κ1) is 11.6. The minimum atomic E-state index is 0.361. The Kier molecular flexibility index (Phi) is 3.63. The van der Waals surface area contributed by atoms with Crippen molar-refractivity contribution in [2.24, 2.45) is 0 Å². The van der Waals surface area contributed by atoms with Crippen molar-refractivity contribution in [1.82, 2.24) is 8.75 Å². The highest BCUT2D eigenvalue weighted by atomic mass is 79.9. The molecule has 1 N–H and O–H groups in total. The Morgan fingerprint density at radius 2 is 2.25 bits per heavy atom. The van der Waals surface area contributed by atoms with E-state index < -0.39 is 0 Å². The molecule has 0 saturated carbocycles. The van der Waals surface area contributed by atoms with Crippen LogP contribution in [0.25, 0.3) is 0 Å². The van der Waals surface area contributed by atoms with Crippen LogP contribution in [0.5, 0.6) is 5.75 Å². The maximum atomic E-state index is 5.84. The third-order valence-corrected chi connectivity index (χ3v) is 3.46. The molecular weight excluding hydrogens is 314 g/mol. The minimum absolute atomic E-state index is 0.361. The van der Waals surface area contributed by atoms with Gasteiger partial charge in [0.15, 0.2) is 11.0 Å². The molecule has 0 aliphatic rings. The Bertz CT molecular complexity index is 505. The fourth-order valence-electron chi connectivity index (χ4n) is 1.11. The number of rotatable bonds is 3. The number of hydrogen-bond acceptors (Lipinski definition) is 5. The van der Waals surface area contributed by atoms with E-state index in [1.54, 1.807) is 7.11 Å². The molecule has 1 aromatic heterocycles. The second-order valence-corrected chi connectivity index (χ2v) is 4.62. The summed E-state index contributed by atoms with van der Waals surface area (Å²) in [6.07, 6.45) is 0. The number of anilines is 2. The Hall–Kier alpha value is -0.850. The number of ether oxygens (including phenoxy) is 1. The quantitative estimate of drug-likeness (QED) is 0.936. The molecule has 0 bridgehead atoms. The molecule has 0 saturated heterocycles. The van der Waals surface area contributed by atoms with Gasteiger partial charge in [-0.2, -0.15) is 8.75 Å². The highest BCUT2D eigenvalue weighted by Gasteiger charge is 2.08. The molecule has 0 spiro atoms. The SMILES string of the molecule is COc1ccc(Br)c(Nc2nsnc2Cl)c1. The van der Waals surface area contributed by atoms with E-state index in [0.29, 0.717) is 11.0 Å². The van der Waals surface area contributed by atoms with Crippen LogP contribution >= 0.6 is 39.3 Å². The van der Waals surface area contributed by atoms with Crippen LogP contribution in [0, 0.1) is 0 Å². The van der Waals surface area contributed by atoms with E-state index in [1.165, 1.54) is 0 Å². The molecule has 0 fully saturated rings. The fraction of sp³-hybridized carbons (Fsp3) is 0.111. The molecule has 16 heavy (non-hydrogen) atoms. The van der Waals surface area contributed by atoms with Crippen LogP contribution in [-0.2, 0) is 0 Å². The summed E-state index contributed by atoms with van der Waals surface area (Å²) < 4.78 is 13.9. The van der Waals surface area contributed by atoms with Gasteiger partial charge in [0.2, 0.25) is 0 Å². The zero-order chi connectivity index (χ0) is 11.5. The van der Waals surface area contributed by atoms with Crippen LogP contribution in [0.3, 0.4) is 0 Å². The summed E-state index contributed by atoms with van der Waals surface area (Å²) in [6.45, 7) is 0. The lowest BCUT2D eigenvalue weighted by molar-refractivity contribution is 0.415. The zero-order valence-electron chi connectivity index (χ0n) is 8.20. The fourth-order valence-corrected chi connectivity index (χ4v) is 2.10. The summed E-state index contributed by atoms with van der Waals surface area (Å²) in [7, 11) is 1.62. The third kappa shape index (κ3) is 2.45. The van der Waals surface area contributed by atoms with E-state index in [-0.39, 0.29) is 0 Å². The summed E-state index contributed by atoms with van der Waals surface area (Å²) in [5, 5.41) is 3.43. The van der Waals surface area contributed by atoms with Gasteiger partial charge < -0.3 is 10.1 Å². The molecule has 1 heterocycles. The third-order valence-electron chi connectivity index (χ3n) is 1.88. The van der Waals surface area contributed by atoms with Crippen molar-refractivity contribution >= 4 is 50.8 Å². The van der Waals surface area contributed by atoms with Gasteiger partial charge in [-0.1, -0.05) is 11.6 Å². The first-order chi connectivity index (χ1) is 7.70. The smallest absolute Gasteiger partial charge is 0.187 e. The van der Waals surface area contributed by atoms with Crippen molar-refractivity contribution in [1.29, 1.82) is 0 Å². The molecule has 0 unspecified atom stereocenters. The van der Waals surface area contributed by atoms with Crippen LogP contribution < -0.4 is 10.1 Å². The van der Waals surface area contributed by atoms with E-state index >= 15 is 0 Å². The molecule has 7 heteroatoms. The summed E-state index contributed by atoms with van der Waals surface area (Å²) in [4.78, 5) is 0. The summed E-state index contributed by atoms with van der Waals surface area (Å²) in [6, 6.07) is 5.59. The Labute approximate surface area is 110 Å². The summed E-state index contributed by atoms with van der Waals surface area (Å²) in [5.74, 6) is 1.30. The zero-order valence-corrected chi connectivity index (χ0v) is 11.4. The largest absolute Gasteiger partial charge is 0.497 e.